The molecule has 0 aromatic carbocycles. The van der Waals surface area contributed by atoms with Crippen LogP contribution in [0.25, 0.3) is 0 Å². The molecule has 1 unspecified atom stereocenters. The maximum atomic E-state index is 9.91. The van der Waals surface area contributed by atoms with Crippen molar-refractivity contribution < 1.29 is 9.53 Å². The second-order valence-corrected chi connectivity index (χ2v) is 2.84. The smallest absolute Gasteiger partial charge is 0.142 e. The Kier molecular flexibility index (Phi) is 8.57. The summed E-state index contributed by atoms with van der Waals surface area (Å²) >= 11 is 0. The van der Waals surface area contributed by atoms with Gasteiger partial charge in [0.2, 0.25) is 0 Å². The fourth-order valence-corrected chi connectivity index (χ4v) is 0.799. The van der Waals surface area contributed by atoms with Crippen LogP contribution in [-0.4, -0.2) is 19.0 Å². The van der Waals surface area contributed by atoms with Crippen molar-refractivity contribution in [3.8, 4) is 0 Å². The zero-order valence-corrected chi connectivity index (χ0v) is 8.40. The van der Waals surface area contributed by atoms with Gasteiger partial charge in [0.1, 0.15) is 6.29 Å². The number of allylic oxidation sites excluding steroid dienone is 3. The Morgan fingerprint density at radius 2 is 2.08 bits per heavy atom. The highest BCUT2D eigenvalue weighted by Crippen LogP contribution is 1.96. The molecule has 0 aromatic rings. The standard InChI is InChI=1S/C11H18O2/c1-3-4-10-13-11(2)8-6-5-7-9-12/h5-9,11H,3-4,10H2,1-2H3/b7-5+,8-6+. The third kappa shape index (κ3) is 9.02. The van der Waals surface area contributed by atoms with E-state index in [0.717, 1.165) is 25.7 Å². The molecule has 0 heterocycles. The van der Waals surface area contributed by atoms with E-state index in [-0.39, 0.29) is 6.10 Å². The lowest BCUT2D eigenvalue weighted by atomic mass is 10.3. The molecular formula is C11H18O2. The number of hydrogen-bond acceptors (Lipinski definition) is 2. The monoisotopic (exact) mass is 182 g/mol. The van der Waals surface area contributed by atoms with Crippen LogP contribution in [0.2, 0.25) is 0 Å². The van der Waals surface area contributed by atoms with Gasteiger partial charge in [-0.15, -0.1) is 0 Å². The van der Waals surface area contributed by atoms with Crippen molar-refractivity contribution in [3.05, 3.63) is 24.3 Å². The highest BCUT2D eigenvalue weighted by Gasteiger charge is 1.93. The minimum Gasteiger partial charge on any atom is -0.374 e. The third-order valence-electron chi connectivity index (χ3n) is 1.56. The van der Waals surface area contributed by atoms with Crippen LogP contribution in [0.4, 0.5) is 0 Å². The van der Waals surface area contributed by atoms with Crippen molar-refractivity contribution in [2.24, 2.45) is 0 Å². The van der Waals surface area contributed by atoms with E-state index < -0.39 is 0 Å². The highest BCUT2D eigenvalue weighted by atomic mass is 16.5. The first-order chi connectivity index (χ1) is 6.31. The van der Waals surface area contributed by atoms with Crippen molar-refractivity contribution >= 4 is 6.29 Å². The number of carbonyl (C=O) groups excluding carboxylic acids is 1. The molecule has 13 heavy (non-hydrogen) atoms. The first-order valence-corrected chi connectivity index (χ1v) is 4.71. The Morgan fingerprint density at radius 1 is 1.31 bits per heavy atom. The van der Waals surface area contributed by atoms with Crippen LogP contribution < -0.4 is 0 Å². The number of aldehydes is 1. The van der Waals surface area contributed by atoms with Crippen LogP contribution in [0, 0.1) is 0 Å². The fraction of sp³-hybridized carbons (Fsp3) is 0.545. The Bertz CT molecular complexity index is 171. The number of carbonyl (C=O) groups is 1. The van der Waals surface area contributed by atoms with Crippen LogP contribution in [-0.2, 0) is 9.53 Å². The first kappa shape index (κ1) is 12.1. The van der Waals surface area contributed by atoms with Gasteiger partial charge in [-0.1, -0.05) is 31.6 Å². The van der Waals surface area contributed by atoms with Gasteiger partial charge in [0.05, 0.1) is 6.10 Å². The van der Waals surface area contributed by atoms with Gasteiger partial charge in [0.25, 0.3) is 0 Å². The van der Waals surface area contributed by atoms with E-state index in [9.17, 15) is 4.79 Å². The molecular weight excluding hydrogens is 164 g/mol. The summed E-state index contributed by atoms with van der Waals surface area (Å²) in [5.41, 5.74) is 0. The quantitative estimate of drug-likeness (QED) is 0.262. The summed E-state index contributed by atoms with van der Waals surface area (Å²) in [6.45, 7) is 4.93. The van der Waals surface area contributed by atoms with Crippen LogP contribution in [0.3, 0.4) is 0 Å². The van der Waals surface area contributed by atoms with Gasteiger partial charge in [-0.25, -0.2) is 0 Å². The molecule has 0 N–H and O–H groups in total. The molecule has 2 heteroatoms. The molecule has 0 aliphatic carbocycles. The van der Waals surface area contributed by atoms with Gasteiger partial charge < -0.3 is 4.74 Å². The molecule has 0 aliphatic rings. The molecule has 0 amide bonds. The molecule has 0 aliphatic heterocycles. The fourth-order valence-electron chi connectivity index (χ4n) is 0.799. The molecule has 2 nitrogen and oxygen atoms in total. The molecule has 0 rings (SSSR count). The minimum atomic E-state index is 0.128. The van der Waals surface area contributed by atoms with E-state index in [1.807, 2.05) is 19.1 Å². The van der Waals surface area contributed by atoms with Gasteiger partial charge in [-0.2, -0.15) is 0 Å². The summed E-state index contributed by atoms with van der Waals surface area (Å²) in [7, 11) is 0. The van der Waals surface area contributed by atoms with Gasteiger partial charge in [-0.05, 0) is 19.4 Å². The Hall–Kier alpha value is -0.890. The molecule has 0 saturated carbocycles. The molecule has 0 spiro atoms. The molecule has 1 atom stereocenters. The summed E-state index contributed by atoms with van der Waals surface area (Å²) < 4.78 is 5.45. The predicted octanol–water partition coefficient (Wildman–Crippen LogP) is 2.50. The van der Waals surface area contributed by atoms with Crippen LogP contribution in [0.1, 0.15) is 26.7 Å². The van der Waals surface area contributed by atoms with Crippen molar-refractivity contribution in [2.75, 3.05) is 6.61 Å². The number of unbranched alkanes of at least 4 members (excludes halogenated alkanes) is 1. The van der Waals surface area contributed by atoms with Crippen molar-refractivity contribution in [1.29, 1.82) is 0 Å². The average Bonchev–Trinajstić information content (AvgIpc) is 2.13. The summed E-state index contributed by atoms with van der Waals surface area (Å²) in [6, 6.07) is 0. The lowest BCUT2D eigenvalue weighted by molar-refractivity contribution is -0.104. The summed E-state index contributed by atoms with van der Waals surface area (Å²) in [6.07, 6.45) is 10.0. The van der Waals surface area contributed by atoms with Crippen molar-refractivity contribution in [1.82, 2.24) is 0 Å². The molecule has 0 radical (unpaired) electrons. The number of rotatable bonds is 7. The number of hydrogen-bond donors (Lipinski definition) is 0. The maximum absolute atomic E-state index is 9.91. The van der Waals surface area contributed by atoms with Crippen molar-refractivity contribution in [2.45, 2.75) is 32.8 Å². The third-order valence-corrected chi connectivity index (χ3v) is 1.56. The SMILES string of the molecule is CCCCOC(C)/C=C/C=C/C=O. The van der Waals surface area contributed by atoms with Crippen LogP contribution in [0.15, 0.2) is 24.3 Å². The van der Waals surface area contributed by atoms with E-state index in [1.54, 1.807) is 6.08 Å². The van der Waals surface area contributed by atoms with E-state index in [1.165, 1.54) is 6.08 Å². The first-order valence-electron chi connectivity index (χ1n) is 4.71. The summed E-state index contributed by atoms with van der Waals surface area (Å²) in [4.78, 5) is 9.91. The normalized spacial score (nSPS) is 14.0. The molecule has 0 aromatic heterocycles. The van der Waals surface area contributed by atoms with Crippen molar-refractivity contribution in [3.63, 3.8) is 0 Å². The van der Waals surface area contributed by atoms with Crippen LogP contribution >= 0.6 is 0 Å². The largest absolute Gasteiger partial charge is 0.374 e. The topological polar surface area (TPSA) is 26.3 Å². The molecule has 74 valence electrons. The molecule has 0 saturated heterocycles. The van der Waals surface area contributed by atoms with Gasteiger partial charge >= 0.3 is 0 Å². The second-order valence-electron chi connectivity index (χ2n) is 2.84. The lowest BCUT2D eigenvalue weighted by Gasteiger charge is -2.06. The Morgan fingerprint density at radius 3 is 2.69 bits per heavy atom. The zero-order chi connectivity index (χ0) is 9.94. The average molecular weight is 182 g/mol. The highest BCUT2D eigenvalue weighted by molar-refractivity contribution is 5.65. The Balaban J connectivity index is 3.48. The lowest BCUT2D eigenvalue weighted by Crippen LogP contribution is -2.05. The van der Waals surface area contributed by atoms with Gasteiger partial charge in [0, 0.05) is 6.61 Å². The summed E-state index contributed by atoms with van der Waals surface area (Å²) in [5.74, 6) is 0. The minimum absolute atomic E-state index is 0.128. The maximum Gasteiger partial charge on any atom is 0.142 e. The van der Waals surface area contributed by atoms with Gasteiger partial charge in [0.15, 0.2) is 0 Å². The van der Waals surface area contributed by atoms with Crippen LogP contribution in [0.5, 0.6) is 0 Å². The predicted molar refractivity (Wildman–Crippen MR) is 54.7 cm³/mol. The van der Waals surface area contributed by atoms with Gasteiger partial charge in [-0.3, -0.25) is 4.79 Å². The zero-order valence-electron chi connectivity index (χ0n) is 8.40. The van der Waals surface area contributed by atoms with E-state index in [4.69, 9.17) is 4.74 Å². The van der Waals surface area contributed by atoms with E-state index >= 15 is 0 Å². The Labute approximate surface area is 80.3 Å². The molecule has 0 fully saturated rings. The van der Waals surface area contributed by atoms with E-state index in [2.05, 4.69) is 6.92 Å². The second kappa shape index (κ2) is 9.20. The van der Waals surface area contributed by atoms with E-state index in [0.29, 0.717) is 0 Å². The number of ether oxygens (including phenoxy) is 1. The molecule has 0 bridgehead atoms. The summed E-state index contributed by atoms with van der Waals surface area (Å²) in [5, 5.41) is 0.